The molecule has 0 bridgehead atoms. The molecule has 0 spiro atoms. The van der Waals surface area contributed by atoms with Crippen LogP contribution in [0.4, 0.5) is 0 Å². The summed E-state index contributed by atoms with van der Waals surface area (Å²) in [4.78, 5) is 13.3. The smallest absolute Gasteiger partial charge is 0.338 e. The van der Waals surface area contributed by atoms with Crippen LogP contribution in [0.2, 0.25) is 0 Å². The standard InChI is InChI=1S/C25H36O7/c1-14(2)22-17(26)10-15(3)8-9-21-25(4,32-21)13-20(22)31-24(27)16-11-18(28-5)23(30-7)19(12-16)29-6/h10-12,14,17,20-22,26H,8-9,13H2,1-7H3. The summed E-state index contributed by atoms with van der Waals surface area (Å²) in [6.07, 6.45) is 3.11. The zero-order valence-electron chi connectivity index (χ0n) is 20.1. The molecule has 1 fully saturated rings. The fourth-order valence-corrected chi connectivity index (χ4v) is 4.78. The number of benzene rings is 1. The van der Waals surface area contributed by atoms with Gasteiger partial charge in [0.2, 0.25) is 5.75 Å². The number of aliphatic hydroxyl groups excluding tert-OH is 1. The normalized spacial score (nSPS) is 30.1. The number of ether oxygens (including phenoxy) is 5. The van der Waals surface area contributed by atoms with Gasteiger partial charge in [0.15, 0.2) is 11.5 Å². The highest BCUT2D eigenvalue weighted by Gasteiger charge is 2.55. The molecule has 0 saturated carbocycles. The van der Waals surface area contributed by atoms with Crippen LogP contribution in [0, 0.1) is 11.8 Å². The number of hydrogen-bond donors (Lipinski definition) is 1. The third-order valence-electron chi connectivity index (χ3n) is 6.65. The van der Waals surface area contributed by atoms with E-state index in [-0.39, 0.29) is 23.5 Å². The molecule has 178 valence electrons. The molecule has 1 heterocycles. The van der Waals surface area contributed by atoms with Crippen LogP contribution in [0.25, 0.3) is 0 Å². The van der Waals surface area contributed by atoms with E-state index >= 15 is 0 Å². The molecular formula is C25H36O7. The van der Waals surface area contributed by atoms with Gasteiger partial charge >= 0.3 is 5.97 Å². The average molecular weight is 449 g/mol. The largest absolute Gasteiger partial charge is 0.493 e. The third kappa shape index (κ3) is 5.04. The second-order valence-corrected chi connectivity index (χ2v) is 9.34. The van der Waals surface area contributed by atoms with Gasteiger partial charge in [-0.05, 0) is 44.7 Å². The Morgan fingerprint density at radius 2 is 1.78 bits per heavy atom. The maximum absolute atomic E-state index is 13.3. The maximum Gasteiger partial charge on any atom is 0.338 e. The van der Waals surface area contributed by atoms with Gasteiger partial charge in [-0.15, -0.1) is 0 Å². The zero-order valence-corrected chi connectivity index (χ0v) is 20.1. The number of methoxy groups -OCH3 is 3. The van der Waals surface area contributed by atoms with Gasteiger partial charge in [-0.3, -0.25) is 0 Å². The Labute approximate surface area is 190 Å². The average Bonchev–Trinajstić information content (AvgIpc) is 3.39. The van der Waals surface area contributed by atoms with Crippen molar-refractivity contribution in [1.82, 2.24) is 0 Å². The first kappa shape index (κ1) is 24.4. The van der Waals surface area contributed by atoms with E-state index in [1.54, 1.807) is 12.1 Å². The van der Waals surface area contributed by atoms with E-state index in [2.05, 4.69) is 6.92 Å². The zero-order chi connectivity index (χ0) is 23.6. The quantitative estimate of drug-likeness (QED) is 0.397. The SMILES string of the molecule is COc1cc(C(=O)OC2CC3(C)OC3CCC(C)=CC(O)C2C(C)C)cc(OC)c1OC. The molecule has 5 unspecified atom stereocenters. The van der Waals surface area contributed by atoms with Gasteiger partial charge in [0.25, 0.3) is 0 Å². The van der Waals surface area contributed by atoms with Gasteiger partial charge in [-0.1, -0.05) is 25.5 Å². The lowest BCUT2D eigenvalue weighted by Gasteiger charge is -2.34. The summed E-state index contributed by atoms with van der Waals surface area (Å²) in [6, 6.07) is 3.15. The molecule has 1 aliphatic heterocycles. The number of epoxide rings is 1. The Morgan fingerprint density at radius 1 is 1.16 bits per heavy atom. The van der Waals surface area contributed by atoms with Gasteiger partial charge in [0.1, 0.15) is 6.10 Å². The van der Waals surface area contributed by atoms with Crippen LogP contribution in [0.1, 0.15) is 57.3 Å². The number of rotatable bonds is 6. The maximum atomic E-state index is 13.3. The second kappa shape index (κ2) is 9.71. The summed E-state index contributed by atoms with van der Waals surface area (Å²) in [5.74, 6) is 0.471. The van der Waals surface area contributed by atoms with Gasteiger partial charge in [0, 0.05) is 12.3 Å². The Morgan fingerprint density at radius 3 is 2.31 bits per heavy atom. The van der Waals surface area contributed by atoms with Crippen LogP contribution >= 0.6 is 0 Å². The van der Waals surface area contributed by atoms with Crippen molar-refractivity contribution >= 4 is 5.97 Å². The van der Waals surface area contributed by atoms with E-state index in [1.165, 1.54) is 21.3 Å². The van der Waals surface area contributed by atoms with Crippen LogP contribution in [0.3, 0.4) is 0 Å². The Hall–Kier alpha value is -2.25. The Balaban J connectivity index is 1.94. The summed E-state index contributed by atoms with van der Waals surface area (Å²) in [5, 5.41) is 11.0. The van der Waals surface area contributed by atoms with Gasteiger partial charge in [-0.2, -0.15) is 0 Å². The van der Waals surface area contributed by atoms with Crippen LogP contribution < -0.4 is 14.2 Å². The summed E-state index contributed by atoms with van der Waals surface area (Å²) >= 11 is 0. The van der Waals surface area contributed by atoms with Gasteiger partial charge in [0.05, 0.1) is 44.7 Å². The molecule has 1 saturated heterocycles. The highest BCUT2D eigenvalue weighted by Crippen LogP contribution is 2.47. The molecule has 5 atom stereocenters. The number of esters is 1. The molecule has 7 heteroatoms. The molecule has 0 amide bonds. The minimum absolute atomic E-state index is 0.0898. The minimum Gasteiger partial charge on any atom is -0.493 e. The van der Waals surface area contributed by atoms with Crippen LogP contribution in [-0.4, -0.2) is 56.3 Å². The van der Waals surface area contributed by atoms with E-state index in [1.807, 2.05) is 26.8 Å². The van der Waals surface area contributed by atoms with Crippen molar-refractivity contribution in [1.29, 1.82) is 0 Å². The lowest BCUT2D eigenvalue weighted by Crippen LogP contribution is -2.41. The van der Waals surface area contributed by atoms with Crippen molar-refractivity contribution < 1.29 is 33.6 Å². The van der Waals surface area contributed by atoms with Crippen LogP contribution in [0.15, 0.2) is 23.8 Å². The van der Waals surface area contributed by atoms with E-state index in [4.69, 9.17) is 23.7 Å². The van der Waals surface area contributed by atoms with Crippen molar-refractivity contribution in [3.8, 4) is 17.2 Å². The molecule has 0 radical (unpaired) electrons. The van der Waals surface area contributed by atoms with E-state index in [9.17, 15) is 9.90 Å². The second-order valence-electron chi connectivity index (χ2n) is 9.34. The van der Waals surface area contributed by atoms with E-state index < -0.39 is 18.2 Å². The summed E-state index contributed by atoms with van der Waals surface area (Å²) < 4.78 is 28.2. The van der Waals surface area contributed by atoms with Gasteiger partial charge < -0.3 is 28.8 Å². The first-order valence-corrected chi connectivity index (χ1v) is 11.2. The number of fused-ring (bicyclic) bond motifs is 1. The molecule has 1 N–H and O–H groups in total. The summed E-state index contributed by atoms with van der Waals surface area (Å²) in [6.45, 7) is 8.16. The lowest BCUT2D eigenvalue weighted by atomic mass is 9.79. The first-order chi connectivity index (χ1) is 15.1. The Bertz CT molecular complexity index is 837. The van der Waals surface area contributed by atoms with Crippen molar-refractivity contribution in [3.05, 3.63) is 29.3 Å². The number of carbonyl (C=O) groups excluding carboxylic acids is 1. The summed E-state index contributed by atoms with van der Waals surface area (Å²) in [7, 11) is 4.51. The van der Waals surface area contributed by atoms with Crippen molar-refractivity contribution in [2.24, 2.45) is 11.8 Å². The van der Waals surface area contributed by atoms with E-state index in [0.717, 1.165) is 18.4 Å². The molecule has 1 aromatic rings. The minimum atomic E-state index is -0.716. The number of allylic oxidation sites excluding steroid dienone is 1. The molecule has 0 aromatic heterocycles. The number of carbonyl (C=O) groups is 1. The van der Waals surface area contributed by atoms with Crippen molar-refractivity contribution in [2.45, 2.75) is 70.9 Å². The topological polar surface area (TPSA) is 86.8 Å². The fourth-order valence-electron chi connectivity index (χ4n) is 4.78. The predicted octanol–water partition coefficient (Wildman–Crippen LogP) is 4.16. The molecule has 7 nitrogen and oxygen atoms in total. The number of hydrogen-bond acceptors (Lipinski definition) is 7. The molecule has 32 heavy (non-hydrogen) atoms. The number of aliphatic hydroxyl groups is 1. The summed E-state index contributed by atoms with van der Waals surface area (Å²) in [5.41, 5.74) is 1.06. The van der Waals surface area contributed by atoms with Gasteiger partial charge in [-0.25, -0.2) is 4.79 Å². The highest BCUT2D eigenvalue weighted by atomic mass is 16.6. The molecular weight excluding hydrogens is 412 g/mol. The highest BCUT2D eigenvalue weighted by molar-refractivity contribution is 5.91. The monoisotopic (exact) mass is 448 g/mol. The van der Waals surface area contributed by atoms with Crippen molar-refractivity contribution in [3.63, 3.8) is 0 Å². The van der Waals surface area contributed by atoms with Crippen molar-refractivity contribution in [2.75, 3.05) is 21.3 Å². The third-order valence-corrected chi connectivity index (χ3v) is 6.65. The molecule has 3 rings (SSSR count). The van der Waals surface area contributed by atoms with E-state index in [0.29, 0.717) is 29.2 Å². The molecule has 2 aliphatic rings. The Kier molecular flexibility index (Phi) is 7.40. The predicted molar refractivity (Wildman–Crippen MR) is 121 cm³/mol. The molecule has 1 aliphatic carbocycles. The van der Waals surface area contributed by atoms with Crippen LogP contribution in [-0.2, 0) is 9.47 Å². The fraction of sp³-hybridized carbons (Fsp3) is 0.640. The van der Waals surface area contributed by atoms with Crippen LogP contribution in [0.5, 0.6) is 17.2 Å². The molecule has 1 aromatic carbocycles. The first-order valence-electron chi connectivity index (χ1n) is 11.2. The lowest BCUT2D eigenvalue weighted by molar-refractivity contribution is -0.0324.